The number of nitrogens with zero attached hydrogens (tertiary/aromatic N) is 2. The number of hydrogen-bond acceptors (Lipinski definition) is 3. The van der Waals surface area contributed by atoms with Gasteiger partial charge in [0.25, 0.3) is 0 Å². The summed E-state index contributed by atoms with van der Waals surface area (Å²) in [6.45, 7) is 5.33. The lowest BCUT2D eigenvalue weighted by Crippen LogP contribution is -2.24. The van der Waals surface area contributed by atoms with Crippen molar-refractivity contribution in [1.82, 2.24) is 10.3 Å². The van der Waals surface area contributed by atoms with Gasteiger partial charge in [0.1, 0.15) is 0 Å². The molecule has 0 saturated carbocycles. The Bertz CT molecular complexity index is 578. The molecule has 2 rings (SSSR count). The first-order valence-electron chi connectivity index (χ1n) is 7.54. The molecule has 21 heavy (non-hydrogen) atoms. The molecule has 1 atom stereocenters. The summed E-state index contributed by atoms with van der Waals surface area (Å²) in [5, 5.41) is 3.65. The molecule has 112 valence electrons. The van der Waals surface area contributed by atoms with Crippen LogP contribution in [0.15, 0.2) is 42.7 Å². The van der Waals surface area contributed by atoms with Gasteiger partial charge < -0.3 is 10.2 Å². The first-order valence-corrected chi connectivity index (χ1v) is 7.54. The summed E-state index contributed by atoms with van der Waals surface area (Å²) in [7, 11) is 4.14. The minimum atomic E-state index is 0.193. The van der Waals surface area contributed by atoms with E-state index in [2.05, 4.69) is 73.5 Å². The number of aromatic nitrogens is 1. The maximum absolute atomic E-state index is 4.31. The smallest absolute Gasteiger partial charge is 0.0595 e. The van der Waals surface area contributed by atoms with E-state index < -0.39 is 0 Å². The molecule has 1 aromatic heterocycles. The Kier molecular flexibility index (Phi) is 5.34. The van der Waals surface area contributed by atoms with Gasteiger partial charge in [-0.25, -0.2) is 0 Å². The highest BCUT2D eigenvalue weighted by atomic mass is 15.1. The third kappa shape index (κ3) is 3.82. The molecule has 0 spiro atoms. The van der Waals surface area contributed by atoms with Crippen molar-refractivity contribution in [2.75, 3.05) is 25.5 Å². The predicted molar refractivity (Wildman–Crippen MR) is 89.9 cm³/mol. The third-order valence-electron chi connectivity index (χ3n) is 3.71. The Hall–Kier alpha value is -1.87. The first-order chi connectivity index (χ1) is 10.1. The number of hydrogen-bond donors (Lipinski definition) is 1. The third-order valence-corrected chi connectivity index (χ3v) is 3.71. The van der Waals surface area contributed by atoms with Crippen molar-refractivity contribution in [3.8, 4) is 0 Å². The van der Waals surface area contributed by atoms with E-state index >= 15 is 0 Å². The highest BCUT2D eigenvalue weighted by Gasteiger charge is 2.16. The number of rotatable bonds is 6. The fourth-order valence-electron chi connectivity index (χ4n) is 2.46. The molecule has 0 fully saturated rings. The van der Waals surface area contributed by atoms with E-state index in [9.17, 15) is 0 Å². The van der Waals surface area contributed by atoms with Crippen LogP contribution in [0.1, 0.15) is 36.1 Å². The Morgan fingerprint density at radius 1 is 1.24 bits per heavy atom. The summed E-state index contributed by atoms with van der Waals surface area (Å²) < 4.78 is 0. The predicted octanol–water partition coefficient (Wildman–Crippen LogP) is 3.55. The van der Waals surface area contributed by atoms with Crippen LogP contribution >= 0.6 is 0 Å². The molecule has 3 heteroatoms. The largest absolute Gasteiger partial charge is 0.378 e. The second kappa shape index (κ2) is 7.23. The van der Waals surface area contributed by atoms with Crippen molar-refractivity contribution in [2.24, 2.45) is 0 Å². The van der Waals surface area contributed by atoms with Crippen molar-refractivity contribution in [1.29, 1.82) is 0 Å². The lowest BCUT2D eigenvalue weighted by Gasteiger charge is -2.23. The SMILES string of the molecule is CCCNC(c1cccc(N(C)C)c1)c1cnccc1C. The van der Waals surface area contributed by atoms with Crippen molar-refractivity contribution in [3.63, 3.8) is 0 Å². The van der Waals surface area contributed by atoms with Gasteiger partial charge in [0.05, 0.1) is 6.04 Å². The van der Waals surface area contributed by atoms with E-state index in [1.807, 2.05) is 12.4 Å². The minimum absolute atomic E-state index is 0.193. The summed E-state index contributed by atoms with van der Waals surface area (Å²) in [6, 6.07) is 11.0. The maximum atomic E-state index is 4.31. The van der Waals surface area contributed by atoms with Crippen LogP contribution in [0, 0.1) is 6.92 Å². The maximum Gasteiger partial charge on any atom is 0.0595 e. The minimum Gasteiger partial charge on any atom is -0.378 e. The fourth-order valence-corrected chi connectivity index (χ4v) is 2.46. The zero-order chi connectivity index (χ0) is 15.2. The van der Waals surface area contributed by atoms with Gasteiger partial charge in [0.2, 0.25) is 0 Å². The van der Waals surface area contributed by atoms with Gasteiger partial charge in [-0.2, -0.15) is 0 Å². The van der Waals surface area contributed by atoms with Gasteiger partial charge in [0, 0.05) is 32.2 Å². The second-order valence-electron chi connectivity index (χ2n) is 5.61. The first kappa shape index (κ1) is 15.5. The normalized spacial score (nSPS) is 12.2. The molecule has 0 saturated heterocycles. The van der Waals surface area contributed by atoms with Crippen LogP contribution in [-0.2, 0) is 0 Å². The van der Waals surface area contributed by atoms with Crippen LogP contribution in [0.3, 0.4) is 0 Å². The molecule has 0 aliphatic heterocycles. The van der Waals surface area contributed by atoms with E-state index in [4.69, 9.17) is 0 Å². The number of anilines is 1. The molecule has 1 unspecified atom stereocenters. The summed E-state index contributed by atoms with van der Waals surface area (Å²) in [4.78, 5) is 6.44. The molecule has 3 nitrogen and oxygen atoms in total. The van der Waals surface area contributed by atoms with Crippen molar-refractivity contribution in [3.05, 3.63) is 59.4 Å². The number of benzene rings is 1. The van der Waals surface area contributed by atoms with Gasteiger partial charge in [0.15, 0.2) is 0 Å². The van der Waals surface area contributed by atoms with E-state index in [1.165, 1.54) is 22.4 Å². The van der Waals surface area contributed by atoms with Gasteiger partial charge in [-0.3, -0.25) is 4.98 Å². The highest BCUT2D eigenvalue weighted by molar-refractivity contribution is 5.49. The molecule has 0 bridgehead atoms. The van der Waals surface area contributed by atoms with Crippen LogP contribution in [0.5, 0.6) is 0 Å². The van der Waals surface area contributed by atoms with Gasteiger partial charge in [-0.15, -0.1) is 0 Å². The average molecular weight is 283 g/mol. The van der Waals surface area contributed by atoms with E-state index in [0.717, 1.165) is 13.0 Å². The molecule has 2 aromatic rings. The monoisotopic (exact) mass is 283 g/mol. The molecular weight excluding hydrogens is 258 g/mol. The molecular formula is C18H25N3. The summed E-state index contributed by atoms with van der Waals surface area (Å²) >= 11 is 0. The molecule has 0 amide bonds. The Balaban J connectivity index is 2.40. The molecule has 1 aromatic carbocycles. The molecule has 0 aliphatic carbocycles. The number of pyridine rings is 1. The zero-order valence-electron chi connectivity index (χ0n) is 13.4. The molecule has 1 heterocycles. The lowest BCUT2D eigenvalue weighted by molar-refractivity contribution is 0.594. The van der Waals surface area contributed by atoms with Crippen LogP contribution < -0.4 is 10.2 Å². The number of aryl methyl sites for hydroxylation is 1. The highest BCUT2D eigenvalue weighted by Crippen LogP contribution is 2.26. The molecule has 0 aliphatic rings. The second-order valence-corrected chi connectivity index (χ2v) is 5.61. The molecule has 0 radical (unpaired) electrons. The fraction of sp³-hybridized carbons (Fsp3) is 0.389. The van der Waals surface area contributed by atoms with E-state index in [0.29, 0.717) is 0 Å². The van der Waals surface area contributed by atoms with E-state index in [1.54, 1.807) is 0 Å². The zero-order valence-corrected chi connectivity index (χ0v) is 13.4. The Morgan fingerprint density at radius 2 is 2.05 bits per heavy atom. The summed E-state index contributed by atoms with van der Waals surface area (Å²) in [5.41, 5.74) is 5.03. The number of nitrogens with one attached hydrogen (secondary N) is 1. The Morgan fingerprint density at radius 3 is 2.71 bits per heavy atom. The van der Waals surface area contributed by atoms with Gasteiger partial charge in [-0.05, 0) is 54.8 Å². The van der Waals surface area contributed by atoms with E-state index in [-0.39, 0.29) is 6.04 Å². The van der Waals surface area contributed by atoms with Gasteiger partial charge in [-0.1, -0.05) is 19.1 Å². The Labute approximate surface area is 128 Å². The lowest BCUT2D eigenvalue weighted by atomic mass is 9.96. The average Bonchev–Trinajstić information content (AvgIpc) is 2.49. The quantitative estimate of drug-likeness (QED) is 0.879. The summed E-state index contributed by atoms with van der Waals surface area (Å²) in [6.07, 6.45) is 4.94. The van der Waals surface area contributed by atoms with Crippen LogP contribution in [0.2, 0.25) is 0 Å². The van der Waals surface area contributed by atoms with Crippen molar-refractivity contribution >= 4 is 5.69 Å². The van der Waals surface area contributed by atoms with Crippen LogP contribution in [-0.4, -0.2) is 25.6 Å². The van der Waals surface area contributed by atoms with Gasteiger partial charge >= 0.3 is 0 Å². The topological polar surface area (TPSA) is 28.2 Å². The van der Waals surface area contributed by atoms with Crippen molar-refractivity contribution < 1.29 is 0 Å². The van der Waals surface area contributed by atoms with Crippen LogP contribution in [0.4, 0.5) is 5.69 Å². The van der Waals surface area contributed by atoms with Crippen molar-refractivity contribution in [2.45, 2.75) is 26.3 Å². The van der Waals surface area contributed by atoms with Crippen LogP contribution in [0.25, 0.3) is 0 Å². The molecule has 1 N–H and O–H groups in total. The summed E-state index contributed by atoms with van der Waals surface area (Å²) in [5.74, 6) is 0. The standard InChI is InChI=1S/C18H25N3/c1-5-10-20-18(17-13-19-11-9-14(17)2)15-7-6-8-16(12-15)21(3)4/h6-9,11-13,18,20H,5,10H2,1-4H3.